The van der Waals surface area contributed by atoms with Crippen LogP contribution in [0.3, 0.4) is 0 Å². The van der Waals surface area contributed by atoms with E-state index in [4.69, 9.17) is 115 Å². The van der Waals surface area contributed by atoms with E-state index in [1.807, 2.05) is 194 Å². The van der Waals surface area contributed by atoms with Crippen LogP contribution in [0.5, 0.6) is 0 Å². The number of hydrogen-bond donors (Lipinski definition) is 14. The number of para-hydroxylation sites is 1. The molecule has 126 heavy (non-hydrogen) atoms. The average Bonchev–Trinajstić information content (AvgIpc) is 1.45. The second-order valence-corrected chi connectivity index (χ2v) is 33.8. The minimum Gasteiger partial charge on any atom is -0.379 e. The molecule has 0 saturated carbocycles. The number of nitrogens with two attached hydrogens (primary N) is 7. The largest absolute Gasteiger partial charge is 0.379 e. The molecule has 34 heteroatoms. The van der Waals surface area contributed by atoms with Crippen molar-refractivity contribution in [3.63, 3.8) is 0 Å². The Kier molecular flexibility index (Phi) is 39.7. The van der Waals surface area contributed by atoms with Crippen LogP contribution in [0.4, 0.5) is 0 Å². The number of thioether (sulfide) groups is 7. The van der Waals surface area contributed by atoms with Gasteiger partial charge in [0.05, 0.1) is 132 Å². The van der Waals surface area contributed by atoms with Crippen molar-refractivity contribution >= 4 is 194 Å². The van der Waals surface area contributed by atoms with Gasteiger partial charge in [0.15, 0.2) is 36.2 Å². The molecule has 0 aliphatic carbocycles. The quantitative estimate of drug-likeness (QED) is 0.0235. The molecule has 630 valence electrons. The van der Waals surface area contributed by atoms with Gasteiger partial charge in [-0.2, -0.15) is 36.8 Å². The normalized spacial score (nSPS) is 10.2. The monoisotopic (exact) mass is 1790 g/mol. The molecule has 0 bridgehead atoms. The molecule has 14 aromatic rings. The number of aromatic nitrogens is 6. The van der Waals surface area contributed by atoms with Crippen molar-refractivity contribution < 1.29 is 0 Å². The van der Waals surface area contributed by atoms with Crippen molar-refractivity contribution in [3.8, 4) is 42.5 Å². The highest BCUT2D eigenvalue weighted by Crippen LogP contribution is 2.32. The van der Waals surface area contributed by atoms with Crippen LogP contribution in [0.1, 0.15) is 78.5 Å². The molecular weight excluding hydrogens is 1710 g/mol. The molecule has 21 N–H and O–H groups in total. The predicted molar refractivity (Wildman–Crippen MR) is 522 cm³/mol. The van der Waals surface area contributed by atoms with Crippen LogP contribution in [-0.2, 0) is 85.2 Å². The fourth-order valence-corrected chi connectivity index (χ4v) is 16.5. The number of nitrogens with one attached hydrogen (secondary N) is 7. The maximum atomic E-state index is 8.96. The zero-order valence-corrected chi connectivity index (χ0v) is 73.6. The van der Waals surface area contributed by atoms with E-state index in [9.17, 15) is 0 Å². The van der Waals surface area contributed by atoms with Gasteiger partial charge in [0, 0.05) is 92.0 Å². The molecule has 0 saturated heterocycles. The summed E-state index contributed by atoms with van der Waals surface area (Å²) >= 11 is 8.85. The minimum absolute atomic E-state index is 0.0551. The standard InChI is InChI=1S/2C14H13N3S.4C13H12N4S.C12H11N5S/c15-6-5-10-7-11-3-1-2-4-13(11)12(8-10)9-18-14(16)17;15-8-7-13-11(9-18-14(16)17)6-5-10-3-1-2-4-12(10)13;14-3-1-9-5-10-2-4-17-7-12(10)11(6-9)8-18-13(15)16;14-6-5-11-10(8-18-13(15)16)4-3-9-2-1-7-17-12(9)11;14-6-5-10-7-9(8-18-13(15)16)11-3-1-2-4-12(11)17-10;14-6-5-10-7-9-3-1-2-4-11(9)12(17-10)8-18-13(15)16;13-4-3-8-6-10-9(2-1-5-16-10)11(17-8)7-18-12(14)15/h1-4,7-8H,5,9H2,(H3,16,17);1-6H,7,9H2,(H3,16,17);2,4-7H,1,8H2,(H3,15,16);3*1-4,7H,5,8H2,(H3,15,16);1-2,5-6H,3,7H2,(H3,14,15). The Morgan fingerprint density at radius 1 is 0.278 bits per heavy atom. The third-order valence-electron chi connectivity index (χ3n) is 18.0. The summed E-state index contributed by atoms with van der Waals surface area (Å²) in [5, 5.41) is 125. The molecule has 27 nitrogen and oxygen atoms in total. The number of nitriles is 7. The van der Waals surface area contributed by atoms with Crippen molar-refractivity contribution in [2.24, 2.45) is 40.1 Å². The minimum atomic E-state index is 0.0551. The van der Waals surface area contributed by atoms with Gasteiger partial charge >= 0.3 is 0 Å². The van der Waals surface area contributed by atoms with Gasteiger partial charge in [0.25, 0.3) is 0 Å². The zero-order chi connectivity index (χ0) is 90.7. The lowest BCUT2D eigenvalue weighted by molar-refractivity contribution is 1.07. The Labute approximate surface area is 758 Å². The molecule has 0 atom stereocenters. The van der Waals surface area contributed by atoms with Gasteiger partial charge in [-0.05, 0) is 137 Å². The first kappa shape index (κ1) is 97.1. The van der Waals surface area contributed by atoms with Crippen LogP contribution in [0.15, 0.2) is 219 Å². The van der Waals surface area contributed by atoms with Gasteiger partial charge < -0.3 is 40.1 Å². The smallest absolute Gasteiger partial charge is 0.151 e. The average molecular weight is 1790 g/mol. The van der Waals surface area contributed by atoms with Crippen molar-refractivity contribution in [2.45, 2.75) is 85.2 Å². The topological polar surface area (TPSA) is 593 Å². The molecule has 0 unspecified atom stereocenters. The predicted octanol–water partition coefficient (Wildman–Crippen LogP) is 17.6. The fourth-order valence-electron chi connectivity index (χ4n) is 12.7. The van der Waals surface area contributed by atoms with Crippen LogP contribution >= 0.6 is 82.3 Å². The highest BCUT2D eigenvalue weighted by atomic mass is 32.2. The van der Waals surface area contributed by atoms with Crippen molar-refractivity contribution in [3.05, 3.63) is 297 Å². The molecular formula is C92H85N27S7. The number of nitrogens with zero attached hydrogens (tertiary/aromatic N) is 13. The Morgan fingerprint density at radius 2 is 0.659 bits per heavy atom. The highest BCUT2D eigenvalue weighted by molar-refractivity contribution is 8.14. The lowest BCUT2D eigenvalue weighted by atomic mass is 9.98. The van der Waals surface area contributed by atoms with Crippen LogP contribution in [0.25, 0.3) is 75.8 Å². The molecule has 6 aromatic heterocycles. The molecule has 0 radical (unpaired) electrons. The summed E-state index contributed by atoms with van der Waals surface area (Å²) in [5.41, 5.74) is 53.2. The number of rotatable bonds is 21. The summed E-state index contributed by atoms with van der Waals surface area (Å²) in [4.78, 5) is 26.1. The second-order valence-electron chi connectivity index (χ2n) is 26.6. The molecule has 8 aromatic carbocycles. The first-order chi connectivity index (χ1) is 61.0. The van der Waals surface area contributed by atoms with E-state index in [-0.39, 0.29) is 42.6 Å². The summed E-state index contributed by atoms with van der Waals surface area (Å²) in [6.07, 6.45) is 9.32. The molecule has 0 spiro atoms. The summed E-state index contributed by atoms with van der Waals surface area (Å²) in [6, 6.07) is 78.1. The summed E-state index contributed by atoms with van der Waals surface area (Å²) in [6.45, 7) is 0. The molecule has 14 rings (SSSR count). The third kappa shape index (κ3) is 30.9. The van der Waals surface area contributed by atoms with E-state index in [1.165, 1.54) is 82.3 Å². The van der Waals surface area contributed by atoms with Gasteiger partial charge in [-0.25, -0.2) is 0 Å². The first-order valence-corrected chi connectivity index (χ1v) is 44.9. The van der Waals surface area contributed by atoms with Crippen LogP contribution in [0.2, 0.25) is 0 Å². The van der Waals surface area contributed by atoms with Gasteiger partial charge in [0.2, 0.25) is 0 Å². The van der Waals surface area contributed by atoms with Crippen molar-refractivity contribution in [1.82, 2.24) is 29.9 Å². The lowest BCUT2D eigenvalue weighted by Gasteiger charge is -2.10. The van der Waals surface area contributed by atoms with Gasteiger partial charge in [0.1, 0.15) is 0 Å². The molecule has 0 aliphatic rings. The van der Waals surface area contributed by atoms with E-state index in [2.05, 4.69) is 78.5 Å². The number of hydrogen-bond acceptors (Lipinski definition) is 27. The lowest BCUT2D eigenvalue weighted by Crippen LogP contribution is -2.05. The van der Waals surface area contributed by atoms with E-state index in [0.717, 1.165) is 149 Å². The number of amidine groups is 7. The number of benzene rings is 8. The maximum Gasteiger partial charge on any atom is 0.151 e. The SMILES string of the molecule is N#CCc1c(CSC(=N)N)ccc2ccccc12.N#CCc1c(CSC(=N)N)ccc2cccnc12.N#CCc1cc(CSC(=N)N)c2ccccc2c1.N#CCc1cc(CSC(=N)N)c2ccccc2n1.N#CCc1cc(CSC(=N)N)c2cnccc2c1.N#CCc1cc2ccccc2c(CSC(=N)N)n1.N#CCc1cc2ncccc2c(CSC(=N)N)n1. The first-order valence-electron chi connectivity index (χ1n) is 38.0. The number of fused-ring (bicyclic) bond motifs is 7. The second kappa shape index (κ2) is 51.5. The highest BCUT2D eigenvalue weighted by Gasteiger charge is 2.15. The Hall–Kier alpha value is -14.4. The third-order valence-corrected chi connectivity index (χ3v) is 23.3. The Balaban J connectivity index is 0.000000182. The molecule has 6 heterocycles. The molecule has 0 amide bonds. The molecule has 0 fully saturated rings. The van der Waals surface area contributed by atoms with Gasteiger partial charge in [-0.1, -0.05) is 222 Å². The summed E-state index contributed by atoms with van der Waals surface area (Å²) in [5.74, 6) is 4.20. The van der Waals surface area contributed by atoms with E-state index < -0.39 is 0 Å². The Morgan fingerprint density at radius 3 is 1.20 bits per heavy atom. The Bertz CT molecular complexity index is 5870. The van der Waals surface area contributed by atoms with Crippen molar-refractivity contribution in [2.75, 3.05) is 0 Å². The molecule has 0 aliphatic heterocycles. The van der Waals surface area contributed by atoms with Crippen molar-refractivity contribution in [1.29, 1.82) is 74.7 Å². The fraction of sp³-hybridized carbons (Fsp3) is 0.152. The van der Waals surface area contributed by atoms with E-state index in [0.29, 0.717) is 84.5 Å². The zero-order valence-electron chi connectivity index (χ0n) is 67.9. The van der Waals surface area contributed by atoms with Crippen LogP contribution in [-0.4, -0.2) is 66.1 Å². The number of pyridine rings is 6. The van der Waals surface area contributed by atoms with E-state index >= 15 is 0 Å². The summed E-state index contributed by atoms with van der Waals surface area (Å²) < 4.78 is 0. The van der Waals surface area contributed by atoms with Crippen LogP contribution in [0, 0.1) is 117 Å². The maximum absolute atomic E-state index is 8.96. The van der Waals surface area contributed by atoms with Crippen LogP contribution < -0.4 is 40.1 Å². The van der Waals surface area contributed by atoms with Gasteiger partial charge in [-0.3, -0.25) is 67.8 Å². The van der Waals surface area contributed by atoms with E-state index in [1.54, 1.807) is 18.6 Å². The summed E-state index contributed by atoms with van der Waals surface area (Å²) in [7, 11) is 0. The van der Waals surface area contributed by atoms with Gasteiger partial charge in [-0.15, -0.1) is 0 Å².